The Kier molecular flexibility index (Phi) is 4.38. The summed E-state index contributed by atoms with van der Waals surface area (Å²) in [6.45, 7) is 0.461. The number of allylic oxidation sites excluding steroid dienone is 1. The molecule has 0 saturated heterocycles. The van der Waals surface area contributed by atoms with Crippen molar-refractivity contribution in [2.24, 2.45) is 15.8 Å². The first kappa shape index (κ1) is 13.7. The molecule has 7 heteroatoms. The summed E-state index contributed by atoms with van der Waals surface area (Å²) in [6.07, 6.45) is 0. The van der Waals surface area contributed by atoms with Crippen molar-refractivity contribution in [3.63, 3.8) is 0 Å². The van der Waals surface area contributed by atoms with E-state index in [-0.39, 0.29) is 16.3 Å². The molecular formula is C13H10N6S. The van der Waals surface area contributed by atoms with Gasteiger partial charge >= 0.3 is 0 Å². The van der Waals surface area contributed by atoms with E-state index in [1.54, 1.807) is 0 Å². The third-order valence-electron chi connectivity index (χ3n) is 2.42. The zero-order chi connectivity index (χ0) is 14.4. The normalized spacial score (nSPS) is 16.7. The van der Waals surface area contributed by atoms with Crippen LogP contribution in [0.4, 0.5) is 0 Å². The highest BCUT2D eigenvalue weighted by atomic mass is 32.2. The molecule has 3 N–H and O–H groups in total. The number of nitrogens with one attached hydrogen (secondary N) is 1. The lowest BCUT2D eigenvalue weighted by Gasteiger charge is -2.03. The van der Waals surface area contributed by atoms with Crippen molar-refractivity contribution in [1.82, 2.24) is 5.43 Å². The molecule has 0 spiro atoms. The van der Waals surface area contributed by atoms with Crippen LogP contribution in [0.5, 0.6) is 0 Å². The van der Waals surface area contributed by atoms with Crippen LogP contribution in [0.2, 0.25) is 0 Å². The van der Waals surface area contributed by atoms with Crippen LogP contribution >= 0.6 is 11.8 Å². The Morgan fingerprint density at radius 1 is 1.25 bits per heavy atom. The topological polar surface area (TPSA) is 110 Å². The number of nitrogens with two attached hydrogens (primary N) is 1. The van der Waals surface area contributed by atoms with Gasteiger partial charge in [-0.25, -0.2) is 0 Å². The largest absolute Gasteiger partial charge is 0.392 e. The molecule has 1 heterocycles. The summed E-state index contributed by atoms with van der Waals surface area (Å²) in [7, 11) is 0. The number of nitrogens with zero attached hydrogens (tertiary/aromatic N) is 4. The van der Waals surface area contributed by atoms with Gasteiger partial charge in [0.15, 0.2) is 10.9 Å². The van der Waals surface area contributed by atoms with Crippen LogP contribution < -0.4 is 11.2 Å². The van der Waals surface area contributed by atoms with Gasteiger partial charge in [-0.3, -0.25) is 10.4 Å². The summed E-state index contributed by atoms with van der Waals surface area (Å²) in [5, 5.41) is 22.4. The Hall–Kier alpha value is -2.77. The second-order valence-corrected chi connectivity index (χ2v) is 4.77. The zero-order valence-electron chi connectivity index (χ0n) is 10.4. The molecule has 0 fully saturated rings. The quantitative estimate of drug-likeness (QED) is 0.853. The predicted octanol–water partition coefficient (Wildman–Crippen LogP) is 1.45. The lowest BCUT2D eigenvalue weighted by Crippen LogP contribution is -2.14. The molecule has 1 aliphatic rings. The molecule has 1 aromatic carbocycles. The van der Waals surface area contributed by atoms with Crippen molar-refractivity contribution >= 4 is 22.6 Å². The molecule has 0 saturated carbocycles. The van der Waals surface area contributed by atoms with Crippen LogP contribution in [0.3, 0.4) is 0 Å². The number of benzene rings is 1. The van der Waals surface area contributed by atoms with Crippen molar-refractivity contribution in [1.29, 1.82) is 10.5 Å². The van der Waals surface area contributed by atoms with E-state index >= 15 is 0 Å². The van der Waals surface area contributed by atoms with Gasteiger partial charge in [0.1, 0.15) is 17.7 Å². The maximum atomic E-state index is 8.98. The number of hydrazone groups is 1. The minimum atomic E-state index is -0.0394. The number of rotatable bonds is 2. The van der Waals surface area contributed by atoms with Crippen LogP contribution in [0.25, 0.3) is 0 Å². The minimum absolute atomic E-state index is 0.0394. The van der Waals surface area contributed by atoms with Gasteiger partial charge in [0.2, 0.25) is 0 Å². The van der Waals surface area contributed by atoms with E-state index in [1.165, 1.54) is 0 Å². The Morgan fingerprint density at radius 2 is 2.00 bits per heavy atom. The summed E-state index contributed by atoms with van der Waals surface area (Å²) in [4.78, 5) is 4.33. The Morgan fingerprint density at radius 3 is 2.65 bits per heavy atom. The van der Waals surface area contributed by atoms with Crippen molar-refractivity contribution in [3.05, 3.63) is 46.5 Å². The number of nitriles is 2. The Labute approximate surface area is 120 Å². The molecule has 1 aliphatic heterocycles. The third kappa shape index (κ3) is 3.16. The summed E-state index contributed by atoms with van der Waals surface area (Å²) in [5.41, 5.74) is 9.50. The van der Waals surface area contributed by atoms with Crippen LogP contribution in [-0.4, -0.2) is 10.9 Å². The first-order valence-corrected chi connectivity index (χ1v) is 6.46. The average Bonchev–Trinajstić information content (AvgIpc) is 2.64. The van der Waals surface area contributed by atoms with Crippen molar-refractivity contribution < 1.29 is 0 Å². The molecule has 0 bridgehead atoms. The molecule has 98 valence electrons. The molecule has 0 radical (unpaired) electrons. The van der Waals surface area contributed by atoms with E-state index in [9.17, 15) is 0 Å². The van der Waals surface area contributed by atoms with Crippen LogP contribution in [-0.2, 0) is 6.54 Å². The highest BCUT2D eigenvalue weighted by molar-refractivity contribution is 8.17. The average molecular weight is 282 g/mol. The first-order chi connectivity index (χ1) is 9.74. The van der Waals surface area contributed by atoms with Gasteiger partial charge in [-0.05, 0) is 17.3 Å². The van der Waals surface area contributed by atoms with Crippen LogP contribution in [0, 0.1) is 22.7 Å². The van der Waals surface area contributed by atoms with E-state index < -0.39 is 0 Å². The molecule has 0 aliphatic carbocycles. The van der Waals surface area contributed by atoms with Gasteiger partial charge < -0.3 is 5.73 Å². The molecule has 0 amide bonds. The Balaban J connectivity index is 2.21. The lowest BCUT2D eigenvalue weighted by atomic mass is 10.2. The number of aliphatic imine (C=N–C) groups is 1. The van der Waals surface area contributed by atoms with Gasteiger partial charge in [0.05, 0.1) is 11.6 Å². The monoisotopic (exact) mass is 282 g/mol. The highest BCUT2D eigenvalue weighted by Gasteiger charge is 2.17. The van der Waals surface area contributed by atoms with E-state index in [0.717, 1.165) is 17.3 Å². The molecule has 0 atom stereocenters. The maximum Gasteiger partial charge on any atom is 0.183 e. The van der Waals surface area contributed by atoms with Gasteiger partial charge in [0, 0.05) is 0 Å². The summed E-state index contributed by atoms with van der Waals surface area (Å²) in [5.74, 6) is 0. The standard InChI is InChI=1S/C13H10N6S/c14-6-10-11(7-15)18-19-13(20-12(10)16)17-8-9-4-2-1-3-5-9/h1-5H,8,16H2,(H,17,19). The van der Waals surface area contributed by atoms with E-state index in [1.807, 2.05) is 42.5 Å². The summed E-state index contributed by atoms with van der Waals surface area (Å²) >= 11 is 1.09. The van der Waals surface area contributed by atoms with Gasteiger partial charge in [0.25, 0.3) is 0 Å². The number of hydrogen-bond acceptors (Lipinski definition) is 6. The van der Waals surface area contributed by atoms with E-state index in [0.29, 0.717) is 11.7 Å². The fourth-order valence-corrected chi connectivity index (χ4v) is 2.13. The van der Waals surface area contributed by atoms with Gasteiger partial charge in [-0.2, -0.15) is 15.6 Å². The second-order valence-electron chi connectivity index (χ2n) is 3.74. The van der Waals surface area contributed by atoms with Crippen molar-refractivity contribution in [2.75, 3.05) is 0 Å². The minimum Gasteiger partial charge on any atom is -0.392 e. The summed E-state index contributed by atoms with van der Waals surface area (Å²) in [6, 6.07) is 13.4. The third-order valence-corrected chi connectivity index (χ3v) is 3.26. The smallest absolute Gasteiger partial charge is 0.183 e. The zero-order valence-corrected chi connectivity index (χ0v) is 11.2. The predicted molar refractivity (Wildman–Crippen MR) is 78.2 cm³/mol. The van der Waals surface area contributed by atoms with Crippen molar-refractivity contribution in [2.45, 2.75) is 6.54 Å². The fraction of sp³-hybridized carbons (Fsp3) is 0.0769. The number of amidine groups is 1. The van der Waals surface area contributed by atoms with E-state index in [2.05, 4.69) is 15.5 Å². The Bertz CT molecular complexity index is 675. The molecule has 2 rings (SSSR count). The fourth-order valence-electron chi connectivity index (χ4n) is 1.46. The van der Waals surface area contributed by atoms with Gasteiger partial charge in [-0.15, -0.1) is 0 Å². The second kappa shape index (κ2) is 6.41. The molecule has 6 nitrogen and oxygen atoms in total. The molecular weight excluding hydrogens is 272 g/mol. The van der Waals surface area contributed by atoms with E-state index in [4.69, 9.17) is 16.3 Å². The SMILES string of the molecule is N#CC1=NNC(=NCc2ccccc2)SC(N)=C1C#N. The van der Waals surface area contributed by atoms with Crippen molar-refractivity contribution in [3.8, 4) is 12.1 Å². The molecule has 20 heavy (non-hydrogen) atoms. The number of hydrogen-bond donors (Lipinski definition) is 2. The highest BCUT2D eigenvalue weighted by Crippen LogP contribution is 2.19. The molecule has 1 aromatic rings. The van der Waals surface area contributed by atoms with Crippen LogP contribution in [0.15, 0.2) is 51.0 Å². The number of thioether (sulfide) groups is 1. The summed E-state index contributed by atoms with van der Waals surface area (Å²) < 4.78 is 0. The van der Waals surface area contributed by atoms with Crippen LogP contribution in [0.1, 0.15) is 5.56 Å². The lowest BCUT2D eigenvalue weighted by molar-refractivity contribution is 0.996. The molecule has 0 aromatic heterocycles. The molecule has 0 unspecified atom stereocenters. The maximum absolute atomic E-state index is 8.98. The first-order valence-electron chi connectivity index (χ1n) is 5.65. The van der Waals surface area contributed by atoms with Gasteiger partial charge in [-0.1, -0.05) is 30.3 Å².